The van der Waals surface area contributed by atoms with Gasteiger partial charge in [-0.05, 0) is 43.2 Å². The monoisotopic (exact) mass is 370 g/mol. The lowest BCUT2D eigenvalue weighted by Gasteiger charge is -2.13. The van der Waals surface area contributed by atoms with Crippen molar-refractivity contribution < 1.29 is 14.6 Å². The minimum Gasteiger partial charge on any atom is -0.497 e. The van der Waals surface area contributed by atoms with E-state index >= 15 is 0 Å². The minimum absolute atomic E-state index is 0.333. The van der Waals surface area contributed by atoms with Crippen molar-refractivity contribution in [1.82, 2.24) is 9.55 Å². The van der Waals surface area contributed by atoms with Crippen LogP contribution in [0, 0.1) is 12.8 Å². The number of ether oxygens (including phenoxy) is 1. The maximum atomic E-state index is 11.5. The second-order valence-corrected chi connectivity index (χ2v) is 7.46. The number of aromatic carboxylic acids is 1. The molecule has 26 heavy (non-hydrogen) atoms. The molecule has 1 aromatic carbocycles. The van der Waals surface area contributed by atoms with Crippen molar-refractivity contribution in [3.05, 3.63) is 47.0 Å². The molecule has 0 radical (unpaired) electrons. The van der Waals surface area contributed by atoms with Crippen LogP contribution in [0.4, 0.5) is 0 Å². The van der Waals surface area contributed by atoms with E-state index in [9.17, 15) is 9.90 Å². The standard InChI is InChI=1S/C20H22N2O3S/c1-12(2)10-22-13(3)16(20(23)24)9-18(22)17-11-26-19(21-17)14-5-7-15(25-4)8-6-14/h5-9,11-12H,10H2,1-4H3,(H,23,24). The molecule has 136 valence electrons. The number of thiazole rings is 1. The summed E-state index contributed by atoms with van der Waals surface area (Å²) in [5.41, 5.74) is 3.76. The van der Waals surface area contributed by atoms with Crippen molar-refractivity contribution in [3.8, 4) is 27.7 Å². The molecule has 3 aromatic rings. The largest absolute Gasteiger partial charge is 0.497 e. The number of carboxylic acids is 1. The first-order valence-electron chi connectivity index (χ1n) is 8.44. The van der Waals surface area contributed by atoms with Crippen LogP contribution in [0.25, 0.3) is 22.0 Å². The van der Waals surface area contributed by atoms with E-state index in [1.54, 1.807) is 24.5 Å². The van der Waals surface area contributed by atoms with E-state index in [4.69, 9.17) is 9.72 Å². The van der Waals surface area contributed by atoms with E-state index < -0.39 is 5.97 Å². The number of rotatable bonds is 6. The van der Waals surface area contributed by atoms with E-state index in [1.807, 2.05) is 36.6 Å². The zero-order chi connectivity index (χ0) is 18.8. The van der Waals surface area contributed by atoms with Crippen molar-refractivity contribution in [2.45, 2.75) is 27.3 Å². The van der Waals surface area contributed by atoms with Gasteiger partial charge in [-0.2, -0.15) is 0 Å². The highest BCUT2D eigenvalue weighted by atomic mass is 32.1. The SMILES string of the molecule is COc1ccc(-c2nc(-c3cc(C(=O)O)c(C)n3CC(C)C)cs2)cc1. The molecule has 2 heterocycles. The molecule has 2 aromatic heterocycles. The molecule has 1 N–H and O–H groups in total. The molecular weight excluding hydrogens is 348 g/mol. The van der Waals surface area contributed by atoms with Crippen LogP contribution in [0.1, 0.15) is 29.9 Å². The molecule has 0 saturated heterocycles. The van der Waals surface area contributed by atoms with Gasteiger partial charge in [0, 0.05) is 23.2 Å². The predicted molar refractivity (Wildman–Crippen MR) is 104 cm³/mol. The second kappa shape index (κ2) is 7.33. The number of benzene rings is 1. The third-order valence-electron chi connectivity index (χ3n) is 4.25. The van der Waals surface area contributed by atoms with E-state index in [-0.39, 0.29) is 0 Å². The molecule has 0 aliphatic rings. The van der Waals surface area contributed by atoms with Crippen molar-refractivity contribution >= 4 is 17.3 Å². The second-order valence-electron chi connectivity index (χ2n) is 6.60. The lowest BCUT2D eigenvalue weighted by molar-refractivity contribution is 0.0696. The number of methoxy groups -OCH3 is 1. The Morgan fingerprint density at radius 2 is 2.00 bits per heavy atom. The van der Waals surface area contributed by atoms with Gasteiger partial charge < -0.3 is 14.4 Å². The van der Waals surface area contributed by atoms with Gasteiger partial charge in [0.1, 0.15) is 10.8 Å². The average Bonchev–Trinajstić information content (AvgIpc) is 3.21. The maximum Gasteiger partial charge on any atom is 0.337 e. The topological polar surface area (TPSA) is 64.3 Å². The quantitative estimate of drug-likeness (QED) is 0.667. The van der Waals surface area contributed by atoms with Crippen molar-refractivity contribution in [2.75, 3.05) is 7.11 Å². The van der Waals surface area contributed by atoms with Crippen LogP contribution < -0.4 is 4.74 Å². The van der Waals surface area contributed by atoms with Crippen LogP contribution in [-0.2, 0) is 6.54 Å². The summed E-state index contributed by atoms with van der Waals surface area (Å²) in [5.74, 6) is 0.302. The number of nitrogens with zero attached hydrogens (tertiary/aromatic N) is 2. The van der Waals surface area contributed by atoms with Gasteiger partial charge in [-0.15, -0.1) is 11.3 Å². The third kappa shape index (κ3) is 3.51. The summed E-state index contributed by atoms with van der Waals surface area (Å²) in [5, 5.41) is 12.4. The van der Waals surface area contributed by atoms with E-state index in [2.05, 4.69) is 18.4 Å². The summed E-state index contributed by atoms with van der Waals surface area (Å²) in [6.45, 7) is 6.84. The van der Waals surface area contributed by atoms with Crippen LogP contribution in [-0.4, -0.2) is 27.7 Å². The van der Waals surface area contributed by atoms with Gasteiger partial charge in [-0.3, -0.25) is 0 Å². The Hall–Kier alpha value is -2.60. The molecular formula is C20H22N2O3S. The van der Waals surface area contributed by atoms with Crippen LogP contribution in [0.3, 0.4) is 0 Å². The summed E-state index contributed by atoms with van der Waals surface area (Å²) >= 11 is 1.55. The molecule has 0 saturated carbocycles. The first kappa shape index (κ1) is 18.2. The van der Waals surface area contributed by atoms with Gasteiger partial charge in [0.25, 0.3) is 0 Å². The molecule has 0 aliphatic carbocycles. The molecule has 0 aliphatic heterocycles. The first-order valence-corrected chi connectivity index (χ1v) is 9.32. The number of carboxylic acid groups (broad SMARTS) is 1. The van der Waals surface area contributed by atoms with E-state index in [1.165, 1.54) is 0 Å². The summed E-state index contributed by atoms with van der Waals surface area (Å²) in [4.78, 5) is 16.3. The summed E-state index contributed by atoms with van der Waals surface area (Å²) in [6, 6.07) is 9.49. The third-order valence-corrected chi connectivity index (χ3v) is 5.14. The molecule has 5 nitrogen and oxygen atoms in total. The Morgan fingerprint density at radius 3 is 2.58 bits per heavy atom. The normalized spacial score (nSPS) is 11.1. The van der Waals surface area contributed by atoms with Gasteiger partial charge in [0.2, 0.25) is 0 Å². The Morgan fingerprint density at radius 1 is 1.31 bits per heavy atom. The number of carbonyl (C=O) groups is 1. The Kier molecular flexibility index (Phi) is 5.13. The fourth-order valence-electron chi connectivity index (χ4n) is 2.93. The van der Waals surface area contributed by atoms with Crippen molar-refractivity contribution in [3.63, 3.8) is 0 Å². The van der Waals surface area contributed by atoms with Crippen LogP contribution >= 0.6 is 11.3 Å². The molecule has 3 rings (SSSR count). The zero-order valence-corrected chi connectivity index (χ0v) is 16.1. The fraction of sp³-hybridized carbons (Fsp3) is 0.300. The highest BCUT2D eigenvalue weighted by Gasteiger charge is 2.20. The maximum absolute atomic E-state index is 11.5. The van der Waals surface area contributed by atoms with Gasteiger partial charge in [0.15, 0.2) is 0 Å². The first-order chi connectivity index (χ1) is 12.4. The number of aromatic nitrogens is 2. The number of hydrogen-bond acceptors (Lipinski definition) is 4. The lowest BCUT2D eigenvalue weighted by atomic mass is 10.2. The molecule has 0 fully saturated rings. The van der Waals surface area contributed by atoms with Gasteiger partial charge >= 0.3 is 5.97 Å². The lowest BCUT2D eigenvalue weighted by Crippen LogP contribution is -2.09. The van der Waals surface area contributed by atoms with E-state index in [0.29, 0.717) is 11.5 Å². The van der Waals surface area contributed by atoms with Gasteiger partial charge in [0.05, 0.1) is 24.1 Å². The molecule has 0 unspecified atom stereocenters. The predicted octanol–water partition coefficient (Wildman–Crippen LogP) is 4.95. The highest BCUT2D eigenvalue weighted by molar-refractivity contribution is 7.13. The smallest absolute Gasteiger partial charge is 0.337 e. The Balaban J connectivity index is 2.02. The molecule has 0 amide bonds. The summed E-state index contributed by atoms with van der Waals surface area (Å²) in [7, 11) is 1.64. The Labute approximate surface area is 156 Å². The zero-order valence-electron chi connectivity index (χ0n) is 15.3. The number of hydrogen-bond donors (Lipinski definition) is 1. The highest BCUT2D eigenvalue weighted by Crippen LogP contribution is 2.32. The average molecular weight is 370 g/mol. The van der Waals surface area contributed by atoms with Gasteiger partial charge in [-0.1, -0.05) is 13.8 Å². The molecule has 0 spiro atoms. The summed E-state index contributed by atoms with van der Waals surface area (Å²) < 4.78 is 7.25. The summed E-state index contributed by atoms with van der Waals surface area (Å²) in [6.07, 6.45) is 0. The molecule has 0 atom stereocenters. The van der Waals surface area contributed by atoms with E-state index in [0.717, 1.165) is 39.9 Å². The van der Waals surface area contributed by atoms with Crippen molar-refractivity contribution in [2.24, 2.45) is 5.92 Å². The van der Waals surface area contributed by atoms with Crippen LogP contribution in [0.5, 0.6) is 5.75 Å². The van der Waals surface area contributed by atoms with Crippen molar-refractivity contribution in [1.29, 1.82) is 0 Å². The Bertz CT molecular complexity index is 923. The fourth-order valence-corrected chi connectivity index (χ4v) is 3.75. The van der Waals surface area contributed by atoms with Crippen LogP contribution in [0.15, 0.2) is 35.7 Å². The van der Waals surface area contributed by atoms with Crippen LogP contribution in [0.2, 0.25) is 0 Å². The van der Waals surface area contributed by atoms with Gasteiger partial charge in [-0.25, -0.2) is 9.78 Å². The molecule has 6 heteroatoms. The molecule has 0 bridgehead atoms. The minimum atomic E-state index is -0.906.